The second kappa shape index (κ2) is 8.27. The number of rotatable bonds is 5. The fourth-order valence-electron chi connectivity index (χ4n) is 3.29. The van der Waals surface area contributed by atoms with Crippen molar-refractivity contribution in [3.63, 3.8) is 0 Å². The summed E-state index contributed by atoms with van der Waals surface area (Å²) >= 11 is 0. The van der Waals surface area contributed by atoms with Crippen molar-refractivity contribution in [2.24, 2.45) is 0 Å². The zero-order valence-electron chi connectivity index (χ0n) is 17.0. The largest absolute Gasteiger partial charge is 0.322 e. The van der Waals surface area contributed by atoms with Crippen molar-refractivity contribution in [2.75, 3.05) is 5.32 Å². The zero-order chi connectivity index (χ0) is 22.8. The van der Waals surface area contributed by atoms with E-state index in [9.17, 15) is 14.9 Å². The van der Waals surface area contributed by atoms with Crippen molar-refractivity contribution >= 4 is 22.9 Å². The fourth-order valence-corrected chi connectivity index (χ4v) is 3.29. The van der Waals surface area contributed by atoms with Gasteiger partial charge in [0.2, 0.25) is 5.82 Å². The predicted octanol–water partition coefficient (Wildman–Crippen LogP) is 4.01. The molecule has 0 aliphatic rings. The van der Waals surface area contributed by atoms with Gasteiger partial charge in [0, 0.05) is 35.1 Å². The lowest BCUT2D eigenvalue weighted by Gasteiger charge is -2.07. The Bertz CT molecular complexity index is 1480. The number of nitrogens with zero attached hydrogens (tertiary/aromatic N) is 6. The number of nitro groups is 1. The van der Waals surface area contributed by atoms with E-state index < -0.39 is 10.8 Å². The highest BCUT2D eigenvalue weighted by Gasteiger charge is 2.13. The molecule has 10 heteroatoms. The number of carbonyl (C=O) groups excluding carboxylic acids is 1. The first-order valence-electron chi connectivity index (χ1n) is 9.88. The summed E-state index contributed by atoms with van der Waals surface area (Å²) in [6, 6.07) is 21.9. The van der Waals surface area contributed by atoms with E-state index in [0.29, 0.717) is 28.5 Å². The average Bonchev–Trinajstić information content (AvgIpc) is 3.28. The number of non-ortho nitro benzene ring substituents is 1. The number of nitro benzene ring substituents is 1. The molecule has 160 valence electrons. The van der Waals surface area contributed by atoms with Gasteiger partial charge >= 0.3 is 0 Å². The van der Waals surface area contributed by atoms with Crippen LogP contribution >= 0.6 is 0 Å². The molecule has 1 N–H and O–H groups in total. The third-order valence-corrected chi connectivity index (χ3v) is 4.91. The first kappa shape index (κ1) is 19.9. The molecular formula is C23H15N7O3. The number of pyridine rings is 1. The zero-order valence-corrected chi connectivity index (χ0v) is 17.0. The van der Waals surface area contributed by atoms with E-state index in [1.165, 1.54) is 24.3 Å². The molecule has 0 saturated carbocycles. The number of carbonyl (C=O) groups is 1. The Morgan fingerprint density at radius 3 is 2.52 bits per heavy atom. The molecule has 3 heterocycles. The highest BCUT2D eigenvalue weighted by Crippen LogP contribution is 2.22. The summed E-state index contributed by atoms with van der Waals surface area (Å²) in [7, 11) is 0. The standard InChI is InChI=1S/C23H15N7O3/c31-23(16-4-3-5-18(14-16)30(32)33)25-17-9-7-15(8-10-17)19-11-12-21-26-27-22(29(21)28-19)20-6-1-2-13-24-20/h1-14H,(H,25,31). The molecule has 0 radical (unpaired) electrons. The first-order chi connectivity index (χ1) is 16.1. The first-order valence-corrected chi connectivity index (χ1v) is 9.88. The summed E-state index contributed by atoms with van der Waals surface area (Å²) in [4.78, 5) is 27.2. The Labute approximate surface area is 186 Å². The molecular weight excluding hydrogens is 422 g/mol. The number of aromatic nitrogens is 5. The molecule has 0 saturated heterocycles. The van der Waals surface area contributed by atoms with Gasteiger partial charge in [-0.25, -0.2) is 0 Å². The number of fused-ring (bicyclic) bond motifs is 1. The quantitative estimate of drug-likeness (QED) is 0.325. The highest BCUT2D eigenvalue weighted by atomic mass is 16.6. The summed E-state index contributed by atoms with van der Waals surface area (Å²) in [6.07, 6.45) is 1.68. The third-order valence-electron chi connectivity index (χ3n) is 4.91. The van der Waals surface area contributed by atoms with Crippen LogP contribution in [-0.4, -0.2) is 35.6 Å². The van der Waals surface area contributed by atoms with Gasteiger partial charge in [-0.3, -0.25) is 19.9 Å². The van der Waals surface area contributed by atoms with Crippen LogP contribution in [0, 0.1) is 10.1 Å². The van der Waals surface area contributed by atoms with E-state index in [1.54, 1.807) is 22.8 Å². The number of anilines is 1. The number of hydrogen-bond donors (Lipinski definition) is 1. The topological polar surface area (TPSA) is 128 Å². The molecule has 0 aliphatic carbocycles. The van der Waals surface area contributed by atoms with E-state index in [1.807, 2.05) is 42.5 Å². The molecule has 0 fully saturated rings. The second-order valence-corrected chi connectivity index (χ2v) is 7.07. The van der Waals surface area contributed by atoms with Crippen molar-refractivity contribution in [3.05, 3.63) is 101 Å². The van der Waals surface area contributed by atoms with Crippen LogP contribution in [0.25, 0.3) is 28.4 Å². The van der Waals surface area contributed by atoms with Crippen LogP contribution < -0.4 is 5.32 Å². The van der Waals surface area contributed by atoms with Crippen LogP contribution in [0.15, 0.2) is 85.1 Å². The van der Waals surface area contributed by atoms with Gasteiger partial charge in [0.15, 0.2) is 5.65 Å². The molecule has 10 nitrogen and oxygen atoms in total. The third kappa shape index (κ3) is 4.00. The van der Waals surface area contributed by atoms with Gasteiger partial charge in [-0.1, -0.05) is 24.3 Å². The molecule has 3 aromatic heterocycles. The Hall–Kier alpha value is -4.99. The minimum atomic E-state index is -0.537. The molecule has 2 aromatic carbocycles. The lowest BCUT2D eigenvalue weighted by molar-refractivity contribution is -0.384. The lowest BCUT2D eigenvalue weighted by atomic mass is 10.1. The number of amides is 1. The summed E-state index contributed by atoms with van der Waals surface area (Å²) in [5.41, 5.74) is 3.39. The van der Waals surface area contributed by atoms with Gasteiger partial charge in [-0.2, -0.15) is 9.61 Å². The van der Waals surface area contributed by atoms with E-state index in [2.05, 4.69) is 25.6 Å². The second-order valence-electron chi connectivity index (χ2n) is 7.07. The predicted molar refractivity (Wildman–Crippen MR) is 120 cm³/mol. The average molecular weight is 437 g/mol. The maximum Gasteiger partial charge on any atom is 0.270 e. The summed E-state index contributed by atoms with van der Waals surface area (Å²) < 4.78 is 1.63. The van der Waals surface area contributed by atoms with Gasteiger partial charge < -0.3 is 5.32 Å². The van der Waals surface area contributed by atoms with Crippen molar-refractivity contribution in [1.29, 1.82) is 0 Å². The molecule has 0 atom stereocenters. The normalized spacial score (nSPS) is 10.8. The van der Waals surface area contributed by atoms with Gasteiger partial charge in [0.1, 0.15) is 5.69 Å². The van der Waals surface area contributed by atoms with Crippen LogP contribution in [-0.2, 0) is 0 Å². The molecule has 1 amide bonds. The molecule has 0 unspecified atom stereocenters. The monoisotopic (exact) mass is 437 g/mol. The van der Waals surface area contributed by atoms with Crippen molar-refractivity contribution in [2.45, 2.75) is 0 Å². The maximum atomic E-state index is 12.5. The Morgan fingerprint density at radius 1 is 0.909 bits per heavy atom. The highest BCUT2D eigenvalue weighted by molar-refractivity contribution is 6.04. The minimum Gasteiger partial charge on any atom is -0.322 e. The lowest BCUT2D eigenvalue weighted by Crippen LogP contribution is -2.12. The van der Waals surface area contributed by atoms with E-state index >= 15 is 0 Å². The SMILES string of the molecule is O=C(Nc1ccc(-c2ccc3nnc(-c4ccccn4)n3n2)cc1)c1cccc([N+](=O)[O-])c1. The van der Waals surface area contributed by atoms with Crippen LogP contribution in [0.3, 0.4) is 0 Å². The molecule has 33 heavy (non-hydrogen) atoms. The van der Waals surface area contributed by atoms with Gasteiger partial charge in [-0.05, 0) is 42.5 Å². The van der Waals surface area contributed by atoms with Crippen LogP contribution in [0.4, 0.5) is 11.4 Å². The van der Waals surface area contributed by atoms with E-state index in [4.69, 9.17) is 0 Å². The molecule has 5 rings (SSSR count). The molecule has 0 spiro atoms. The van der Waals surface area contributed by atoms with Gasteiger partial charge in [-0.15, -0.1) is 10.2 Å². The summed E-state index contributed by atoms with van der Waals surface area (Å²) in [6.45, 7) is 0. The fraction of sp³-hybridized carbons (Fsp3) is 0. The molecule has 5 aromatic rings. The number of hydrogen-bond acceptors (Lipinski definition) is 7. The van der Waals surface area contributed by atoms with E-state index in [-0.39, 0.29) is 11.3 Å². The van der Waals surface area contributed by atoms with Crippen molar-refractivity contribution in [1.82, 2.24) is 24.8 Å². The van der Waals surface area contributed by atoms with Crippen molar-refractivity contribution in [3.8, 4) is 22.8 Å². The molecule has 0 bridgehead atoms. The Kier molecular flexibility index (Phi) is 5.00. The van der Waals surface area contributed by atoms with Gasteiger partial charge in [0.05, 0.1) is 10.6 Å². The Balaban J connectivity index is 1.39. The number of benzene rings is 2. The van der Waals surface area contributed by atoms with Crippen molar-refractivity contribution < 1.29 is 9.72 Å². The summed E-state index contributed by atoms with van der Waals surface area (Å²) in [5, 5.41) is 26.7. The van der Waals surface area contributed by atoms with Gasteiger partial charge in [0.25, 0.3) is 11.6 Å². The van der Waals surface area contributed by atoms with Crippen LogP contribution in [0.1, 0.15) is 10.4 Å². The van der Waals surface area contributed by atoms with Crippen LogP contribution in [0.2, 0.25) is 0 Å². The Morgan fingerprint density at radius 2 is 1.76 bits per heavy atom. The summed E-state index contributed by atoms with van der Waals surface area (Å²) in [5.74, 6) is 0.101. The maximum absolute atomic E-state index is 12.5. The smallest absolute Gasteiger partial charge is 0.270 e. The van der Waals surface area contributed by atoms with E-state index in [0.717, 1.165) is 5.56 Å². The van der Waals surface area contributed by atoms with Crippen LogP contribution in [0.5, 0.6) is 0 Å². The number of nitrogens with one attached hydrogen (secondary N) is 1. The minimum absolute atomic E-state index is 0.140. The molecule has 0 aliphatic heterocycles.